The van der Waals surface area contributed by atoms with Crippen molar-refractivity contribution in [3.8, 4) is 11.1 Å². The van der Waals surface area contributed by atoms with Crippen LogP contribution in [0.25, 0.3) is 27.7 Å². The number of anilines is 2. The van der Waals surface area contributed by atoms with Crippen LogP contribution in [0, 0.1) is 11.7 Å². The van der Waals surface area contributed by atoms with E-state index in [1.807, 2.05) is 0 Å². The maximum absolute atomic E-state index is 15.2. The van der Waals surface area contributed by atoms with Crippen LogP contribution in [0.2, 0.25) is 5.02 Å². The van der Waals surface area contributed by atoms with Crippen molar-refractivity contribution in [3.05, 3.63) is 41.6 Å². The molecule has 158 valence electrons. The van der Waals surface area contributed by atoms with Gasteiger partial charge >= 0.3 is 0 Å². The zero-order valence-electron chi connectivity index (χ0n) is 16.1. The standard InChI is InChI=1S/C21H17ClF2N6O/c22-17-16(12-6-25-29-19(12)20(18(17)24)26-10-2-3-10)9-1-4-15-27-14(8-30(15)7-9)28-21(31)11-5-13(11)23/h1,4,6-8,10-11,13,26H,2-3,5H2,(H,25,29)(H,28,31)/t11-,13+/m1/s1. The lowest BCUT2D eigenvalue weighted by molar-refractivity contribution is -0.117. The van der Waals surface area contributed by atoms with Gasteiger partial charge in [-0.1, -0.05) is 11.6 Å². The summed E-state index contributed by atoms with van der Waals surface area (Å²) in [4.78, 5) is 16.3. The Kier molecular flexibility index (Phi) is 3.98. The third-order valence-corrected chi connectivity index (χ3v) is 6.11. The minimum absolute atomic E-state index is 0.00719. The molecule has 31 heavy (non-hydrogen) atoms. The number of aromatic nitrogens is 4. The molecular formula is C21H17ClF2N6O. The summed E-state index contributed by atoms with van der Waals surface area (Å²) in [5.41, 5.74) is 2.67. The Balaban J connectivity index is 1.41. The van der Waals surface area contributed by atoms with E-state index in [0.29, 0.717) is 39.2 Å². The Bertz CT molecular complexity index is 1360. The van der Waals surface area contributed by atoms with E-state index in [1.54, 1.807) is 35.1 Å². The van der Waals surface area contributed by atoms with Crippen LogP contribution < -0.4 is 10.6 Å². The number of pyridine rings is 1. The maximum Gasteiger partial charge on any atom is 0.231 e. The normalized spacial score (nSPS) is 20.4. The van der Waals surface area contributed by atoms with Gasteiger partial charge in [0.25, 0.3) is 0 Å². The lowest BCUT2D eigenvalue weighted by Crippen LogP contribution is -2.15. The maximum atomic E-state index is 15.2. The lowest BCUT2D eigenvalue weighted by atomic mass is 10.0. The minimum atomic E-state index is -1.07. The van der Waals surface area contributed by atoms with Crippen molar-refractivity contribution in [1.82, 2.24) is 19.6 Å². The van der Waals surface area contributed by atoms with E-state index in [1.165, 1.54) is 0 Å². The molecule has 0 bridgehead atoms. The zero-order chi connectivity index (χ0) is 21.3. The fourth-order valence-corrected chi connectivity index (χ4v) is 4.12. The van der Waals surface area contributed by atoms with E-state index in [2.05, 4.69) is 25.8 Å². The van der Waals surface area contributed by atoms with Crippen molar-refractivity contribution in [2.45, 2.75) is 31.5 Å². The number of benzene rings is 1. The van der Waals surface area contributed by atoms with Crippen LogP contribution in [0.4, 0.5) is 20.3 Å². The predicted molar refractivity (Wildman–Crippen MR) is 114 cm³/mol. The first-order valence-corrected chi connectivity index (χ1v) is 10.4. The molecule has 6 rings (SSSR count). The highest BCUT2D eigenvalue weighted by Crippen LogP contribution is 2.42. The highest BCUT2D eigenvalue weighted by molar-refractivity contribution is 6.36. The van der Waals surface area contributed by atoms with Gasteiger partial charge in [0.1, 0.15) is 11.8 Å². The van der Waals surface area contributed by atoms with Gasteiger partial charge < -0.3 is 15.0 Å². The van der Waals surface area contributed by atoms with Gasteiger partial charge in [0.15, 0.2) is 11.6 Å². The van der Waals surface area contributed by atoms with Crippen LogP contribution in [0.1, 0.15) is 19.3 Å². The molecule has 2 fully saturated rings. The summed E-state index contributed by atoms with van der Waals surface area (Å²) in [6.45, 7) is 0. The van der Waals surface area contributed by atoms with Gasteiger partial charge in [0, 0.05) is 28.8 Å². The number of aromatic amines is 1. The molecule has 0 saturated heterocycles. The quantitative estimate of drug-likeness (QED) is 0.423. The fourth-order valence-electron chi connectivity index (χ4n) is 3.82. The topological polar surface area (TPSA) is 87.1 Å². The Morgan fingerprint density at radius 1 is 1.29 bits per heavy atom. The fraction of sp³-hybridized carbons (Fsp3) is 0.286. The van der Waals surface area contributed by atoms with Crippen LogP contribution >= 0.6 is 11.6 Å². The molecule has 0 spiro atoms. The second-order valence-electron chi connectivity index (χ2n) is 8.11. The number of imidazole rings is 1. The van der Waals surface area contributed by atoms with E-state index in [4.69, 9.17) is 11.6 Å². The van der Waals surface area contributed by atoms with Crippen molar-refractivity contribution in [1.29, 1.82) is 0 Å². The third kappa shape index (κ3) is 3.11. The number of hydrogen-bond donors (Lipinski definition) is 3. The Morgan fingerprint density at radius 3 is 2.84 bits per heavy atom. The number of nitrogens with zero attached hydrogens (tertiary/aromatic N) is 3. The van der Waals surface area contributed by atoms with Gasteiger partial charge in [-0.3, -0.25) is 9.89 Å². The van der Waals surface area contributed by atoms with Gasteiger partial charge in [0.2, 0.25) is 5.91 Å². The van der Waals surface area contributed by atoms with Gasteiger partial charge in [-0.25, -0.2) is 13.8 Å². The summed E-state index contributed by atoms with van der Waals surface area (Å²) in [6, 6.07) is 3.78. The number of halogens is 3. The first kappa shape index (κ1) is 18.6. The average Bonchev–Trinajstić information content (AvgIpc) is 3.61. The number of H-pyrrole nitrogens is 1. The molecule has 0 radical (unpaired) electrons. The highest BCUT2D eigenvalue weighted by Gasteiger charge is 2.43. The summed E-state index contributed by atoms with van der Waals surface area (Å²) >= 11 is 6.48. The van der Waals surface area contributed by atoms with Gasteiger partial charge in [-0.2, -0.15) is 5.10 Å². The molecule has 4 aromatic rings. The van der Waals surface area contributed by atoms with E-state index < -0.39 is 17.9 Å². The molecule has 7 nitrogen and oxygen atoms in total. The largest absolute Gasteiger partial charge is 0.378 e. The Labute approximate surface area is 179 Å². The average molecular weight is 443 g/mol. The Morgan fingerprint density at radius 2 is 2.10 bits per heavy atom. The van der Waals surface area contributed by atoms with Gasteiger partial charge in [-0.05, 0) is 31.4 Å². The summed E-state index contributed by atoms with van der Waals surface area (Å²) in [5, 5.41) is 13.5. The summed E-state index contributed by atoms with van der Waals surface area (Å²) in [5.74, 6) is -1.17. The van der Waals surface area contributed by atoms with E-state index in [9.17, 15) is 9.18 Å². The molecular weight excluding hydrogens is 426 g/mol. The second-order valence-corrected chi connectivity index (χ2v) is 8.49. The monoisotopic (exact) mass is 442 g/mol. The lowest BCUT2D eigenvalue weighted by Gasteiger charge is -2.14. The zero-order valence-corrected chi connectivity index (χ0v) is 16.9. The molecule has 2 atom stereocenters. The molecule has 3 heterocycles. The van der Waals surface area contributed by atoms with Crippen molar-refractivity contribution >= 4 is 45.6 Å². The second kappa shape index (κ2) is 6.65. The van der Waals surface area contributed by atoms with E-state index >= 15 is 4.39 Å². The number of hydrogen-bond acceptors (Lipinski definition) is 4. The van der Waals surface area contributed by atoms with Crippen LogP contribution in [0.15, 0.2) is 30.7 Å². The van der Waals surface area contributed by atoms with Gasteiger partial charge in [-0.15, -0.1) is 0 Å². The molecule has 2 aliphatic rings. The molecule has 2 saturated carbocycles. The molecule has 10 heteroatoms. The molecule has 0 aliphatic heterocycles. The number of carbonyl (C=O) groups is 1. The summed E-state index contributed by atoms with van der Waals surface area (Å²) in [6.07, 6.45) is 6.19. The van der Waals surface area contributed by atoms with Crippen LogP contribution in [0.3, 0.4) is 0 Å². The van der Waals surface area contributed by atoms with E-state index in [0.717, 1.165) is 12.8 Å². The van der Waals surface area contributed by atoms with Crippen molar-refractivity contribution in [2.75, 3.05) is 10.6 Å². The van der Waals surface area contributed by atoms with E-state index in [-0.39, 0.29) is 23.4 Å². The minimum Gasteiger partial charge on any atom is -0.378 e. The number of amides is 1. The first-order chi connectivity index (χ1) is 15.0. The van der Waals surface area contributed by atoms with Crippen molar-refractivity contribution in [2.24, 2.45) is 5.92 Å². The number of alkyl halides is 1. The first-order valence-electron chi connectivity index (χ1n) is 10.0. The molecule has 0 unspecified atom stereocenters. The molecule has 1 aromatic carbocycles. The summed E-state index contributed by atoms with van der Waals surface area (Å²) < 4.78 is 30.0. The van der Waals surface area contributed by atoms with Crippen molar-refractivity contribution in [3.63, 3.8) is 0 Å². The molecule has 3 N–H and O–H groups in total. The number of carbonyl (C=O) groups excluding carboxylic acids is 1. The molecule has 2 aliphatic carbocycles. The number of nitrogens with one attached hydrogen (secondary N) is 3. The van der Waals surface area contributed by atoms with Crippen LogP contribution in [-0.2, 0) is 4.79 Å². The Hall–Kier alpha value is -3.20. The van der Waals surface area contributed by atoms with Crippen LogP contribution in [0.5, 0.6) is 0 Å². The SMILES string of the molecule is O=C(Nc1cn2cc(-c3c(Cl)c(F)c(NC4CC4)c4[nH]ncc34)ccc2n1)[C@@H]1C[C@@H]1F. The van der Waals surface area contributed by atoms with Gasteiger partial charge in [0.05, 0.1) is 34.5 Å². The smallest absolute Gasteiger partial charge is 0.231 e. The predicted octanol–water partition coefficient (Wildman–Crippen LogP) is 4.54. The molecule has 1 amide bonds. The van der Waals surface area contributed by atoms with Crippen LogP contribution in [-0.4, -0.2) is 37.7 Å². The number of fused-ring (bicyclic) bond motifs is 2. The van der Waals surface area contributed by atoms with Crippen molar-refractivity contribution < 1.29 is 13.6 Å². The molecule has 3 aromatic heterocycles. The highest BCUT2D eigenvalue weighted by atomic mass is 35.5. The third-order valence-electron chi connectivity index (χ3n) is 5.76. The number of rotatable bonds is 5. The summed E-state index contributed by atoms with van der Waals surface area (Å²) in [7, 11) is 0.